The number of aromatic nitrogens is 2. The maximum atomic E-state index is 4.98. The third-order valence-electron chi connectivity index (χ3n) is 2.54. The molecule has 0 bridgehead atoms. The Morgan fingerprint density at radius 1 is 1.19 bits per heavy atom. The second-order valence-electron chi connectivity index (χ2n) is 3.63. The minimum absolute atomic E-state index is 0.672. The lowest BCUT2D eigenvalue weighted by Gasteiger charge is -1.98. The molecule has 0 atom stereocenters. The zero-order valence-electron chi connectivity index (χ0n) is 8.71. The average molecular weight is 213 g/mol. The largest absolute Gasteiger partial charge is 0.395 e. The molecule has 16 heavy (non-hydrogen) atoms. The van der Waals surface area contributed by atoms with Gasteiger partial charge < -0.3 is 4.84 Å². The number of hydrogen-bond donors (Lipinski definition) is 0. The van der Waals surface area contributed by atoms with Gasteiger partial charge in [-0.3, -0.25) is 0 Å². The van der Waals surface area contributed by atoms with Crippen molar-refractivity contribution in [2.75, 3.05) is 6.61 Å². The molecule has 2 heterocycles. The summed E-state index contributed by atoms with van der Waals surface area (Å²) in [7, 11) is 0. The van der Waals surface area contributed by atoms with Crippen LogP contribution in [0.25, 0.3) is 5.69 Å². The maximum Gasteiger partial charge on any atom is 0.122 e. The summed E-state index contributed by atoms with van der Waals surface area (Å²) in [6, 6.07) is 10.0. The molecule has 3 rings (SSSR count). The number of oxime groups is 1. The van der Waals surface area contributed by atoms with Crippen molar-refractivity contribution in [2.24, 2.45) is 5.16 Å². The molecule has 0 spiro atoms. The van der Waals surface area contributed by atoms with Crippen LogP contribution in [0.1, 0.15) is 12.0 Å². The quantitative estimate of drug-likeness (QED) is 0.765. The fourth-order valence-corrected chi connectivity index (χ4v) is 1.70. The minimum atomic E-state index is 0.672. The van der Waals surface area contributed by atoms with Crippen LogP contribution in [0.5, 0.6) is 0 Å². The van der Waals surface area contributed by atoms with Crippen LogP contribution >= 0.6 is 0 Å². The minimum Gasteiger partial charge on any atom is -0.395 e. The Morgan fingerprint density at radius 3 is 2.81 bits per heavy atom. The predicted octanol–water partition coefficient (Wildman–Crippen LogP) is 2.00. The average Bonchev–Trinajstić information content (AvgIpc) is 3.01. The van der Waals surface area contributed by atoms with Crippen molar-refractivity contribution in [1.82, 2.24) is 9.78 Å². The second-order valence-corrected chi connectivity index (χ2v) is 3.63. The van der Waals surface area contributed by atoms with E-state index in [-0.39, 0.29) is 0 Å². The molecule has 4 heteroatoms. The Bertz CT molecular complexity index is 516. The van der Waals surface area contributed by atoms with Gasteiger partial charge in [0.1, 0.15) is 6.61 Å². The van der Waals surface area contributed by atoms with E-state index in [1.165, 1.54) is 0 Å². The van der Waals surface area contributed by atoms with Crippen LogP contribution in [0.15, 0.2) is 47.9 Å². The van der Waals surface area contributed by atoms with E-state index in [2.05, 4.69) is 10.3 Å². The van der Waals surface area contributed by atoms with Crippen molar-refractivity contribution in [3.63, 3.8) is 0 Å². The van der Waals surface area contributed by atoms with Gasteiger partial charge >= 0.3 is 0 Å². The summed E-state index contributed by atoms with van der Waals surface area (Å²) in [5, 5.41) is 8.29. The number of para-hydroxylation sites is 1. The molecule has 0 fully saturated rings. The van der Waals surface area contributed by atoms with Crippen molar-refractivity contribution in [3.05, 3.63) is 48.3 Å². The highest BCUT2D eigenvalue weighted by Crippen LogP contribution is 2.12. The molecular weight excluding hydrogens is 202 g/mol. The van der Waals surface area contributed by atoms with Gasteiger partial charge in [-0.1, -0.05) is 23.4 Å². The van der Waals surface area contributed by atoms with Gasteiger partial charge in [-0.15, -0.1) is 0 Å². The molecule has 0 saturated heterocycles. The molecule has 2 aromatic rings. The highest BCUT2D eigenvalue weighted by molar-refractivity contribution is 6.00. The van der Waals surface area contributed by atoms with E-state index < -0.39 is 0 Å². The summed E-state index contributed by atoms with van der Waals surface area (Å²) >= 11 is 0. The fraction of sp³-hybridized carbons (Fsp3) is 0.167. The van der Waals surface area contributed by atoms with E-state index in [4.69, 9.17) is 4.84 Å². The first-order valence-electron chi connectivity index (χ1n) is 5.23. The van der Waals surface area contributed by atoms with Gasteiger partial charge in [-0.05, 0) is 12.1 Å². The van der Waals surface area contributed by atoms with Gasteiger partial charge in [-0.25, -0.2) is 4.68 Å². The van der Waals surface area contributed by atoms with Gasteiger partial charge in [0.05, 0.1) is 17.6 Å². The second kappa shape index (κ2) is 3.81. The highest BCUT2D eigenvalue weighted by atomic mass is 16.6. The highest BCUT2D eigenvalue weighted by Gasteiger charge is 2.12. The van der Waals surface area contributed by atoms with Gasteiger partial charge in [-0.2, -0.15) is 5.10 Å². The van der Waals surface area contributed by atoms with Gasteiger partial charge in [0.15, 0.2) is 0 Å². The summed E-state index contributed by atoms with van der Waals surface area (Å²) in [5.74, 6) is 0. The van der Waals surface area contributed by atoms with Crippen molar-refractivity contribution in [2.45, 2.75) is 6.42 Å². The summed E-state index contributed by atoms with van der Waals surface area (Å²) in [4.78, 5) is 4.98. The van der Waals surface area contributed by atoms with Gasteiger partial charge in [0.2, 0.25) is 0 Å². The molecule has 80 valence electrons. The Morgan fingerprint density at radius 2 is 2.06 bits per heavy atom. The normalized spacial score (nSPS) is 14.6. The van der Waals surface area contributed by atoms with Crippen molar-refractivity contribution < 1.29 is 4.84 Å². The maximum absolute atomic E-state index is 4.98. The summed E-state index contributed by atoms with van der Waals surface area (Å²) < 4.78 is 1.84. The molecule has 0 unspecified atom stereocenters. The Labute approximate surface area is 93.1 Å². The smallest absolute Gasteiger partial charge is 0.122 e. The monoisotopic (exact) mass is 213 g/mol. The first-order valence-corrected chi connectivity index (χ1v) is 5.23. The lowest BCUT2D eigenvalue weighted by Crippen LogP contribution is -1.96. The van der Waals surface area contributed by atoms with E-state index in [0.717, 1.165) is 23.4 Å². The Kier molecular flexibility index (Phi) is 2.18. The molecular formula is C12H11N3O. The molecule has 1 aliphatic heterocycles. The van der Waals surface area contributed by atoms with Crippen LogP contribution in [0.3, 0.4) is 0 Å². The predicted molar refractivity (Wildman–Crippen MR) is 60.7 cm³/mol. The topological polar surface area (TPSA) is 39.4 Å². The number of rotatable bonds is 2. The van der Waals surface area contributed by atoms with E-state index in [0.29, 0.717) is 6.61 Å². The lowest BCUT2D eigenvalue weighted by molar-refractivity contribution is 0.174. The number of nitrogens with zero attached hydrogens (tertiary/aromatic N) is 3. The van der Waals surface area contributed by atoms with Crippen LogP contribution in [-0.4, -0.2) is 22.1 Å². The van der Waals surface area contributed by atoms with E-state index in [1.807, 2.05) is 47.4 Å². The molecule has 0 radical (unpaired) electrons. The van der Waals surface area contributed by atoms with Crippen LogP contribution in [0.4, 0.5) is 0 Å². The lowest BCUT2D eigenvalue weighted by atomic mass is 10.2. The third kappa shape index (κ3) is 1.58. The van der Waals surface area contributed by atoms with E-state index in [1.54, 1.807) is 0 Å². The van der Waals surface area contributed by atoms with Crippen molar-refractivity contribution in [3.8, 4) is 5.69 Å². The zero-order chi connectivity index (χ0) is 10.8. The number of benzene rings is 1. The van der Waals surface area contributed by atoms with Crippen LogP contribution in [-0.2, 0) is 4.84 Å². The van der Waals surface area contributed by atoms with Crippen LogP contribution in [0.2, 0.25) is 0 Å². The SMILES string of the molecule is c1ccc(-n2cc(C3=NOCC3)cn2)cc1. The van der Waals surface area contributed by atoms with Crippen molar-refractivity contribution >= 4 is 5.71 Å². The molecule has 4 nitrogen and oxygen atoms in total. The first kappa shape index (κ1) is 9.15. The summed E-state index contributed by atoms with van der Waals surface area (Å²) in [6.45, 7) is 0.672. The standard InChI is InChI=1S/C12H11N3O/c1-2-4-11(5-3-1)15-9-10(8-13-15)12-6-7-16-14-12/h1-5,8-9H,6-7H2. The molecule has 0 amide bonds. The Balaban J connectivity index is 1.94. The molecule has 0 aliphatic carbocycles. The molecule has 1 aromatic heterocycles. The van der Waals surface area contributed by atoms with Crippen LogP contribution < -0.4 is 0 Å². The number of hydrogen-bond acceptors (Lipinski definition) is 3. The van der Waals surface area contributed by atoms with Crippen LogP contribution in [0, 0.1) is 0 Å². The first-order chi connectivity index (χ1) is 7.93. The summed E-state index contributed by atoms with van der Waals surface area (Å²) in [5.41, 5.74) is 3.05. The zero-order valence-corrected chi connectivity index (χ0v) is 8.71. The molecule has 0 saturated carbocycles. The van der Waals surface area contributed by atoms with E-state index in [9.17, 15) is 0 Å². The summed E-state index contributed by atoms with van der Waals surface area (Å²) in [6.07, 6.45) is 4.66. The van der Waals surface area contributed by atoms with Crippen molar-refractivity contribution in [1.29, 1.82) is 0 Å². The fourth-order valence-electron chi connectivity index (χ4n) is 1.70. The molecule has 1 aromatic carbocycles. The molecule has 0 N–H and O–H groups in total. The Hall–Kier alpha value is -2.10. The molecule has 1 aliphatic rings. The van der Waals surface area contributed by atoms with E-state index >= 15 is 0 Å². The van der Waals surface area contributed by atoms with Gasteiger partial charge in [0.25, 0.3) is 0 Å². The third-order valence-corrected chi connectivity index (χ3v) is 2.54. The van der Waals surface area contributed by atoms with Gasteiger partial charge in [0, 0.05) is 18.2 Å².